The van der Waals surface area contributed by atoms with E-state index in [1.54, 1.807) is 6.07 Å². The summed E-state index contributed by atoms with van der Waals surface area (Å²) in [6.07, 6.45) is 0. The van der Waals surface area contributed by atoms with Gasteiger partial charge in [0.15, 0.2) is 0 Å². The third-order valence-corrected chi connectivity index (χ3v) is 5.71. The standard InChI is InChI=1S/C13H19N3O2S/c1-13(2)11-6-14-5-9(11)7-15(13)8-10-3-4-12(19-10)16(17)18/h3-4,9,11,14H,5-8H2,1-2H3. The van der Waals surface area contributed by atoms with Crippen LogP contribution in [0.2, 0.25) is 0 Å². The summed E-state index contributed by atoms with van der Waals surface area (Å²) >= 11 is 1.30. The topological polar surface area (TPSA) is 58.4 Å². The minimum Gasteiger partial charge on any atom is -0.316 e. The zero-order valence-electron chi connectivity index (χ0n) is 11.3. The number of nitrogens with zero attached hydrogens (tertiary/aromatic N) is 2. The Kier molecular flexibility index (Phi) is 3.11. The van der Waals surface area contributed by atoms with Crippen LogP contribution >= 0.6 is 11.3 Å². The van der Waals surface area contributed by atoms with Crippen molar-refractivity contribution < 1.29 is 4.92 Å². The molecule has 0 bridgehead atoms. The molecule has 1 aromatic rings. The van der Waals surface area contributed by atoms with E-state index in [4.69, 9.17) is 0 Å². The van der Waals surface area contributed by atoms with E-state index in [0.29, 0.717) is 5.92 Å². The number of likely N-dealkylation sites (tertiary alicyclic amines) is 1. The van der Waals surface area contributed by atoms with Gasteiger partial charge in [0.05, 0.1) is 4.92 Å². The van der Waals surface area contributed by atoms with Crippen molar-refractivity contribution in [3.8, 4) is 0 Å². The normalized spacial score (nSPS) is 29.6. The molecular formula is C13H19N3O2S. The Morgan fingerprint density at radius 3 is 2.95 bits per heavy atom. The summed E-state index contributed by atoms with van der Waals surface area (Å²) in [4.78, 5) is 14.0. The molecule has 0 spiro atoms. The van der Waals surface area contributed by atoms with Crippen LogP contribution in [0.1, 0.15) is 18.7 Å². The van der Waals surface area contributed by atoms with Crippen LogP contribution in [0.3, 0.4) is 0 Å². The van der Waals surface area contributed by atoms with Gasteiger partial charge in [-0.05, 0) is 38.3 Å². The maximum atomic E-state index is 10.7. The highest BCUT2D eigenvalue weighted by Crippen LogP contribution is 2.42. The zero-order chi connectivity index (χ0) is 13.6. The van der Waals surface area contributed by atoms with Crippen molar-refractivity contribution in [3.05, 3.63) is 27.1 Å². The number of nitrogens with one attached hydrogen (secondary N) is 1. The first-order valence-corrected chi connectivity index (χ1v) is 7.49. The second kappa shape index (κ2) is 4.54. The average molecular weight is 281 g/mol. The molecule has 0 aromatic carbocycles. The molecular weight excluding hydrogens is 262 g/mol. The SMILES string of the molecule is CC1(C)C2CNCC2CN1Cc1ccc([N+](=O)[O-])s1. The second-order valence-electron chi connectivity index (χ2n) is 6.06. The molecule has 0 radical (unpaired) electrons. The molecule has 2 saturated heterocycles. The molecule has 19 heavy (non-hydrogen) atoms. The van der Waals surface area contributed by atoms with Gasteiger partial charge in [0.1, 0.15) is 0 Å². The summed E-state index contributed by atoms with van der Waals surface area (Å²) in [5.41, 5.74) is 0.174. The number of fused-ring (bicyclic) bond motifs is 1. The number of rotatable bonds is 3. The van der Waals surface area contributed by atoms with Crippen LogP contribution in [0.25, 0.3) is 0 Å². The molecule has 2 fully saturated rings. The van der Waals surface area contributed by atoms with Gasteiger partial charge < -0.3 is 5.32 Å². The molecule has 6 heteroatoms. The van der Waals surface area contributed by atoms with E-state index in [0.717, 1.165) is 37.0 Å². The van der Waals surface area contributed by atoms with E-state index in [9.17, 15) is 10.1 Å². The van der Waals surface area contributed by atoms with Crippen molar-refractivity contribution in [2.24, 2.45) is 11.8 Å². The van der Waals surface area contributed by atoms with Crippen LogP contribution in [0.5, 0.6) is 0 Å². The van der Waals surface area contributed by atoms with E-state index in [1.807, 2.05) is 6.07 Å². The fourth-order valence-corrected chi connectivity index (χ4v) is 4.35. The van der Waals surface area contributed by atoms with Crippen LogP contribution < -0.4 is 5.32 Å². The Hall–Kier alpha value is -0.980. The fraction of sp³-hybridized carbons (Fsp3) is 0.692. The molecule has 2 unspecified atom stereocenters. The Morgan fingerprint density at radius 1 is 1.53 bits per heavy atom. The van der Waals surface area contributed by atoms with Crippen LogP contribution in [0.4, 0.5) is 5.00 Å². The highest BCUT2D eigenvalue weighted by atomic mass is 32.1. The Morgan fingerprint density at radius 2 is 2.32 bits per heavy atom. The van der Waals surface area contributed by atoms with Crippen molar-refractivity contribution in [2.45, 2.75) is 25.9 Å². The van der Waals surface area contributed by atoms with Gasteiger partial charge in [-0.15, -0.1) is 0 Å². The lowest BCUT2D eigenvalue weighted by Crippen LogP contribution is -2.43. The molecule has 1 aromatic heterocycles. The molecule has 2 aliphatic rings. The Bertz CT molecular complexity index is 500. The van der Waals surface area contributed by atoms with E-state index >= 15 is 0 Å². The van der Waals surface area contributed by atoms with E-state index in [-0.39, 0.29) is 15.5 Å². The second-order valence-corrected chi connectivity index (χ2v) is 7.20. The Labute approximate surface area is 116 Å². The maximum absolute atomic E-state index is 10.7. The maximum Gasteiger partial charge on any atom is 0.324 e. The van der Waals surface area contributed by atoms with Crippen molar-refractivity contribution >= 4 is 16.3 Å². The minimum atomic E-state index is -0.304. The molecule has 0 saturated carbocycles. The lowest BCUT2D eigenvalue weighted by Gasteiger charge is -2.35. The minimum absolute atomic E-state index is 0.174. The summed E-state index contributed by atoms with van der Waals surface area (Å²) in [5, 5.41) is 14.4. The summed E-state index contributed by atoms with van der Waals surface area (Å²) in [6.45, 7) is 8.72. The predicted molar refractivity (Wildman–Crippen MR) is 75.3 cm³/mol. The number of nitro groups is 1. The molecule has 2 aliphatic heterocycles. The van der Waals surface area contributed by atoms with Crippen molar-refractivity contribution in [1.82, 2.24) is 10.2 Å². The number of hydrogen-bond acceptors (Lipinski definition) is 5. The van der Waals surface area contributed by atoms with Gasteiger partial charge in [0.25, 0.3) is 0 Å². The quantitative estimate of drug-likeness (QED) is 0.681. The summed E-state index contributed by atoms with van der Waals surface area (Å²) < 4.78 is 0. The van der Waals surface area contributed by atoms with E-state index in [1.165, 1.54) is 11.3 Å². The van der Waals surface area contributed by atoms with Gasteiger partial charge >= 0.3 is 5.00 Å². The number of thiophene rings is 1. The van der Waals surface area contributed by atoms with Gasteiger partial charge in [-0.25, -0.2) is 0 Å². The zero-order valence-corrected chi connectivity index (χ0v) is 12.1. The number of hydrogen-bond donors (Lipinski definition) is 1. The van der Waals surface area contributed by atoms with Crippen molar-refractivity contribution in [1.29, 1.82) is 0 Å². The lowest BCUT2D eigenvalue weighted by molar-refractivity contribution is -0.380. The highest BCUT2D eigenvalue weighted by molar-refractivity contribution is 7.15. The first kappa shape index (κ1) is 13.0. The predicted octanol–water partition coefficient (Wildman–Crippen LogP) is 2.09. The summed E-state index contributed by atoms with van der Waals surface area (Å²) in [7, 11) is 0. The van der Waals surface area contributed by atoms with Crippen LogP contribution in [0, 0.1) is 22.0 Å². The van der Waals surface area contributed by atoms with Gasteiger partial charge in [0, 0.05) is 36.1 Å². The first-order valence-electron chi connectivity index (χ1n) is 6.67. The molecule has 1 N–H and O–H groups in total. The van der Waals surface area contributed by atoms with Gasteiger partial charge in [-0.3, -0.25) is 15.0 Å². The van der Waals surface area contributed by atoms with Gasteiger partial charge in [-0.1, -0.05) is 11.3 Å². The van der Waals surface area contributed by atoms with Gasteiger partial charge in [0.2, 0.25) is 0 Å². The molecule has 5 nitrogen and oxygen atoms in total. The van der Waals surface area contributed by atoms with Crippen molar-refractivity contribution in [3.63, 3.8) is 0 Å². The third-order valence-electron chi connectivity index (χ3n) is 4.69. The first-order chi connectivity index (χ1) is 8.98. The average Bonchev–Trinajstić information content (AvgIpc) is 2.99. The summed E-state index contributed by atoms with van der Waals surface area (Å²) in [6, 6.07) is 3.51. The molecule has 0 aliphatic carbocycles. The molecule has 3 heterocycles. The third kappa shape index (κ3) is 2.17. The fourth-order valence-electron chi connectivity index (χ4n) is 3.51. The van der Waals surface area contributed by atoms with Crippen LogP contribution in [-0.4, -0.2) is 35.0 Å². The molecule has 3 rings (SSSR count). The van der Waals surface area contributed by atoms with Crippen LogP contribution in [0.15, 0.2) is 12.1 Å². The van der Waals surface area contributed by atoms with Crippen molar-refractivity contribution in [2.75, 3.05) is 19.6 Å². The van der Waals surface area contributed by atoms with E-state index < -0.39 is 0 Å². The largest absolute Gasteiger partial charge is 0.324 e. The smallest absolute Gasteiger partial charge is 0.316 e. The monoisotopic (exact) mass is 281 g/mol. The van der Waals surface area contributed by atoms with Crippen LogP contribution in [-0.2, 0) is 6.54 Å². The van der Waals surface area contributed by atoms with E-state index in [2.05, 4.69) is 24.1 Å². The molecule has 2 atom stereocenters. The highest BCUT2D eigenvalue weighted by Gasteiger charge is 2.49. The van der Waals surface area contributed by atoms with Gasteiger partial charge in [-0.2, -0.15) is 0 Å². The Balaban J connectivity index is 1.74. The molecule has 104 valence electrons. The molecule has 0 amide bonds. The summed E-state index contributed by atoms with van der Waals surface area (Å²) in [5.74, 6) is 1.42. The lowest BCUT2D eigenvalue weighted by atomic mass is 9.85.